The highest BCUT2D eigenvalue weighted by Crippen LogP contribution is 2.35. The second-order valence-electron chi connectivity index (χ2n) is 8.57. The van der Waals surface area contributed by atoms with E-state index in [9.17, 15) is 17.6 Å². The second kappa shape index (κ2) is 12.5. The minimum Gasteiger partial charge on any atom is -0.487 e. The monoisotopic (exact) mass is 520 g/mol. The maximum Gasteiger partial charge on any atom is 0.421 e. The van der Waals surface area contributed by atoms with Crippen LogP contribution in [0.3, 0.4) is 0 Å². The minimum atomic E-state index is -4.77. The Labute approximate surface area is 212 Å². The van der Waals surface area contributed by atoms with Crippen LogP contribution in [0.1, 0.15) is 35.6 Å². The third-order valence-corrected chi connectivity index (χ3v) is 6.84. The number of hydrogen-bond acceptors (Lipinski definition) is 5. The molecule has 1 aliphatic heterocycles. The molecule has 0 saturated carbocycles. The first-order valence-corrected chi connectivity index (χ1v) is 13.0. The van der Waals surface area contributed by atoms with Crippen LogP contribution in [0.15, 0.2) is 59.2 Å². The van der Waals surface area contributed by atoms with Gasteiger partial charge in [0.25, 0.3) is 0 Å². The van der Waals surface area contributed by atoms with Gasteiger partial charge in [0.05, 0.1) is 0 Å². The van der Waals surface area contributed by atoms with Crippen molar-refractivity contribution >= 4 is 23.4 Å². The quantitative estimate of drug-likeness (QED) is 0.216. The Morgan fingerprint density at radius 1 is 1.06 bits per heavy atom. The molecule has 3 aromatic rings. The van der Waals surface area contributed by atoms with E-state index in [0.717, 1.165) is 31.7 Å². The number of oxazole rings is 1. The van der Waals surface area contributed by atoms with Crippen molar-refractivity contribution in [3.05, 3.63) is 83.3 Å². The number of rotatable bonds is 10. The van der Waals surface area contributed by atoms with E-state index in [-0.39, 0.29) is 17.9 Å². The summed E-state index contributed by atoms with van der Waals surface area (Å²) in [6, 6.07) is 12.9. The fourth-order valence-electron chi connectivity index (χ4n) is 3.91. The first-order valence-electron chi connectivity index (χ1n) is 11.9. The summed E-state index contributed by atoms with van der Waals surface area (Å²) < 4.78 is 65.4. The molecule has 0 unspecified atom stereocenters. The summed E-state index contributed by atoms with van der Waals surface area (Å²) in [6.45, 7) is 3.46. The first kappa shape index (κ1) is 26.3. The molecule has 4 nitrogen and oxygen atoms in total. The number of allylic oxidation sites excluding steroid dienone is 1. The third kappa shape index (κ3) is 7.61. The lowest BCUT2D eigenvalue weighted by Gasteiger charge is -2.25. The van der Waals surface area contributed by atoms with Crippen LogP contribution in [-0.2, 0) is 13.0 Å². The summed E-state index contributed by atoms with van der Waals surface area (Å²) >= 11 is 2.02. The Morgan fingerprint density at radius 3 is 2.53 bits per heavy atom. The summed E-state index contributed by atoms with van der Waals surface area (Å²) in [5, 5.41) is 0. The number of nitrogens with zero attached hydrogens (tertiary/aromatic N) is 2. The van der Waals surface area contributed by atoms with Gasteiger partial charge in [0.15, 0.2) is 0 Å². The summed E-state index contributed by atoms with van der Waals surface area (Å²) in [7, 11) is 0. The molecule has 0 atom stereocenters. The van der Waals surface area contributed by atoms with Gasteiger partial charge in [0.2, 0.25) is 5.89 Å². The molecule has 9 heteroatoms. The summed E-state index contributed by atoms with van der Waals surface area (Å²) in [5.74, 6) is 1.64. The van der Waals surface area contributed by atoms with E-state index in [1.54, 1.807) is 0 Å². The predicted octanol–water partition coefficient (Wildman–Crippen LogP) is 6.87. The molecule has 0 bridgehead atoms. The lowest BCUT2D eigenvalue weighted by atomic mass is 10.1. The van der Waals surface area contributed by atoms with E-state index < -0.39 is 23.5 Å². The first-order chi connectivity index (χ1) is 17.4. The van der Waals surface area contributed by atoms with Crippen molar-refractivity contribution in [3.8, 4) is 5.75 Å². The molecule has 192 valence electrons. The van der Waals surface area contributed by atoms with Gasteiger partial charge in [-0.1, -0.05) is 30.3 Å². The number of halogens is 4. The predicted molar refractivity (Wildman–Crippen MR) is 134 cm³/mol. The minimum absolute atomic E-state index is 0.0538. The smallest absolute Gasteiger partial charge is 0.421 e. The van der Waals surface area contributed by atoms with Crippen LogP contribution in [0.25, 0.3) is 11.6 Å². The maximum atomic E-state index is 13.9. The fourth-order valence-corrected chi connectivity index (χ4v) is 4.89. The van der Waals surface area contributed by atoms with Gasteiger partial charge in [-0.05, 0) is 55.6 Å². The zero-order valence-electron chi connectivity index (χ0n) is 19.8. The molecule has 0 aliphatic carbocycles. The van der Waals surface area contributed by atoms with Crippen molar-refractivity contribution in [1.82, 2.24) is 9.88 Å². The van der Waals surface area contributed by atoms with Crippen molar-refractivity contribution < 1.29 is 26.7 Å². The van der Waals surface area contributed by atoms with Gasteiger partial charge in [0.1, 0.15) is 35.7 Å². The van der Waals surface area contributed by atoms with E-state index in [0.29, 0.717) is 11.8 Å². The van der Waals surface area contributed by atoms with E-state index in [4.69, 9.17) is 9.15 Å². The number of thioether (sulfide) groups is 1. The zero-order valence-corrected chi connectivity index (χ0v) is 20.6. The van der Waals surface area contributed by atoms with Crippen LogP contribution in [-0.4, -0.2) is 47.2 Å². The molecule has 4 rings (SSSR count). The van der Waals surface area contributed by atoms with Crippen molar-refractivity contribution in [2.45, 2.75) is 32.0 Å². The number of ether oxygens (including phenoxy) is 1. The molecule has 0 radical (unpaired) electrons. The molecule has 0 N–H and O–H groups in total. The van der Waals surface area contributed by atoms with Gasteiger partial charge < -0.3 is 14.1 Å². The summed E-state index contributed by atoms with van der Waals surface area (Å²) in [5.41, 5.74) is 0.0520. The van der Waals surface area contributed by atoms with Crippen molar-refractivity contribution in [3.63, 3.8) is 0 Å². The molecular weight excluding hydrogens is 492 g/mol. The lowest BCUT2D eigenvalue weighted by molar-refractivity contribution is -0.0697. The van der Waals surface area contributed by atoms with Crippen LogP contribution < -0.4 is 4.74 Å². The number of unbranched alkanes of at least 4 members (excludes halogenated alkanes) is 1. The van der Waals surface area contributed by atoms with Gasteiger partial charge in [-0.25, -0.2) is 9.37 Å². The van der Waals surface area contributed by atoms with Crippen LogP contribution in [0.4, 0.5) is 17.6 Å². The third-order valence-electron chi connectivity index (χ3n) is 5.90. The van der Waals surface area contributed by atoms with Gasteiger partial charge in [0, 0.05) is 30.2 Å². The molecule has 0 spiro atoms. The highest BCUT2D eigenvalue weighted by atomic mass is 32.2. The van der Waals surface area contributed by atoms with Crippen LogP contribution in [0.5, 0.6) is 5.75 Å². The Balaban J connectivity index is 1.29. The zero-order chi connectivity index (χ0) is 25.4. The van der Waals surface area contributed by atoms with E-state index >= 15 is 0 Å². The Bertz CT molecular complexity index is 1140. The van der Waals surface area contributed by atoms with Crippen molar-refractivity contribution in [2.75, 3.05) is 31.1 Å². The van der Waals surface area contributed by atoms with Crippen LogP contribution in [0.2, 0.25) is 0 Å². The number of benzene rings is 2. The van der Waals surface area contributed by atoms with Crippen LogP contribution >= 0.6 is 11.8 Å². The van der Waals surface area contributed by atoms with Gasteiger partial charge in [-0.3, -0.25) is 0 Å². The molecule has 2 aromatic carbocycles. The molecule has 1 aromatic heterocycles. The molecule has 2 heterocycles. The second-order valence-corrected chi connectivity index (χ2v) is 9.79. The maximum absolute atomic E-state index is 13.9. The van der Waals surface area contributed by atoms with E-state index in [2.05, 4.69) is 9.88 Å². The van der Waals surface area contributed by atoms with Crippen LogP contribution in [0, 0.1) is 5.82 Å². The van der Waals surface area contributed by atoms with Crippen molar-refractivity contribution in [2.24, 2.45) is 0 Å². The molecule has 0 amide bonds. The topological polar surface area (TPSA) is 38.5 Å². The number of hydrogen-bond donors (Lipinski definition) is 0. The van der Waals surface area contributed by atoms with Crippen molar-refractivity contribution in [1.29, 1.82) is 0 Å². The average Bonchev–Trinajstić information content (AvgIpc) is 3.34. The average molecular weight is 521 g/mol. The number of aryl methyl sites for hydroxylation is 1. The Kier molecular flexibility index (Phi) is 9.09. The molecular formula is C27H28F4N2O2S. The van der Waals surface area contributed by atoms with E-state index in [1.165, 1.54) is 54.8 Å². The SMILES string of the molecule is Fc1ccccc1C=C(c1nc(COc2ccc(CCCCN3CCSCC3)cc2)co1)C(F)(F)F. The lowest BCUT2D eigenvalue weighted by Crippen LogP contribution is -2.33. The Hall–Kier alpha value is -2.78. The van der Waals surface area contributed by atoms with Gasteiger partial charge in [-0.15, -0.1) is 0 Å². The molecule has 1 fully saturated rings. The number of aromatic nitrogens is 1. The molecule has 1 saturated heterocycles. The highest BCUT2D eigenvalue weighted by molar-refractivity contribution is 7.99. The molecule has 36 heavy (non-hydrogen) atoms. The van der Waals surface area contributed by atoms with E-state index in [1.807, 2.05) is 36.0 Å². The number of alkyl halides is 3. The highest BCUT2D eigenvalue weighted by Gasteiger charge is 2.38. The largest absolute Gasteiger partial charge is 0.487 e. The summed E-state index contributed by atoms with van der Waals surface area (Å²) in [4.78, 5) is 6.44. The summed E-state index contributed by atoms with van der Waals surface area (Å²) in [6.07, 6.45) is 0.315. The fraction of sp³-hybridized carbons (Fsp3) is 0.370. The van der Waals surface area contributed by atoms with Gasteiger partial charge in [-0.2, -0.15) is 24.9 Å². The Morgan fingerprint density at radius 2 is 1.81 bits per heavy atom. The normalized spacial score (nSPS) is 15.3. The molecule has 1 aliphatic rings. The van der Waals surface area contributed by atoms with Gasteiger partial charge >= 0.3 is 6.18 Å². The standard InChI is InChI=1S/C27H28F4N2O2S/c28-25-7-2-1-6-21(25)17-24(27(29,30)31)26-32-22(19-35-26)18-34-23-10-8-20(9-11-23)5-3-4-12-33-13-15-36-16-14-33/h1-2,6-11,17,19H,3-5,12-16,18H2.